The zero-order valence-electron chi connectivity index (χ0n) is 11.8. The number of carbonyl (C=O) groups is 1. The molecule has 3 aromatic rings. The normalized spacial score (nSPS) is 12.4. The highest BCUT2D eigenvalue weighted by Crippen LogP contribution is 2.15. The first kappa shape index (κ1) is 14.2. The molecule has 1 atom stereocenters. The Morgan fingerprint density at radius 3 is 2.73 bits per heavy atom. The van der Waals surface area contributed by atoms with Crippen LogP contribution in [0.4, 0.5) is 0 Å². The van der Waals surface area contributed by atoms with Crippen molar-refractivity contribution in [2.45, 2.75) is 19.0 Å². The molecular formula is C15H15N5O2. The quantitative estimate of drug-likeness (QED) is 0.722. The molecule has 0 amide bonds. The van der Waals surface area contributed by atoms with Crippen LogP contribution in [0.1, 0.15) is 11.3 Å². The fraction of sp³-hybridized carbons (Fsp3) is 0.200. The van der Waals surface area contributed by atoms with Crippen LogP contribution in [0.5, 0.6) is 0 Å². The van der Waals surface area contributed by atoms with Gasteiger partial charge in [-0.05, 0) is 5.56 Å². The van der Waals surface area contributed by atoms with E-state index in [0.717, 1.165) is 5.56 Å². The maximum absolute atomic E-state index is 10.9. The zero-order chi connectivity index (χ0) is 15.5. The van der Waals surface area contributed by atoms with Crippen molar-refractivity contribution < 1.29 is 9.90 Å². The third-order valence-electron chi connectivity index (χ3n) is 3.40. The van der Waals surface area contributed by atoms with Gasteiger partial charge in [0.1, 0.15) is 17.9 Å². The second-order valence-corrected chi connectivity index (χ2v) is 5.00. The van der Waals surface area contributed by atoms with Crippen LogP contribution in [0.25, 0.3) is 11.2 Å². The van der Waals surface area contributed by atoms with E-state index in [4.69, 9.17) is 10.8 Å². The van der Waals surface area contributed by atoms with Crippen molar-refractivity contribution in [3.05, 3.63) is 54.2 Å². The average Bonchev–Trinajstić information content (AvgIpc) is 2.92. The number of fused-ring (bicyclic) bond motifs is 1. The van der Waals surface area contributed by atoms with Crippen molar-refractivity contribution in [2.24, 2.45) is 5.73 Å². The average molecular weight is 297 g/mol. The van der Waals surface area contributed by atoms with Gasteiger partial charge in [0.2, 0.25) is 0 Å². The first-order valence-corrected chi connectivity index (χ1v) is 6.82. The summed E-state index contributed by atoms with van der Waals surface area (Å²) in [5.74, 6) is -1.06. The summed E-state index contributed by atoms with van der Waals surface area (Å²) < 4.78 is 1.90. The van der Waals surface area contributed by atoms with Crippen molar-refractivity contribution in [3.8, 4) is 0 Å². The van der Waals surface area contributed by atoms with E-state index in [2.05, 4.69) is 15.0 Å². The van der Waals surface area contributed by atoms with Gasteiger partial charge < -0.3 is 15.4 Å². The van der Waals surface area contributed by atoms with Crippen LogP contribution in [-0.2, 0) is 17.8 Å². The molecule has 0 aliphatic rings. The van der Waals surface area contributed by atoms with Crippen LogP contribution in [0, 0.1) is 0 Å². The number of aromatic nitrogens is 4. The molecule has 0 aliphatic carbocycles. The standard InChI is InChI=1S/C15H15N5O2/c16-11(15(21)22)6-12-13-14(18-8-17-12)20(9-19-13)7-10-4-2-1-3-5-10/h1-5,8-9,11H,6-7,16H2,(H,21,22)/t11-/m1/s1. The molecular weight excluding hydrogens is 282 g/mol. The van der Waals surface area contributed by atoms with Gasteiger partial charge >= 0.3 is 5.97 Å². The maximum atomic E-state index is 10.9. The Hall–Kier alpha value is -2.80. The van der Waals surface area contributed by atoms with Crippen molar-refractivity contribution in [1.29, 1.82) is 0 Å². The molecule has 1 aromatic carbocycles. The van der Waals surface area contributed by atoms with Crippen LogP contribution >= 0.6 is 0 Å². The summed E-state index contributed by atoms with van der Waals surface area (Å²) >= 11 is 0. The van der Waals surface area contributed by atoms with Gasteiger partial charge in [-0.2, -0.15) is 0 Å². The minimum atomic E-state index is -1.06. The third kappa shape index (κ3) is 2.79. The number of aliphatic carboxylic acids is 1. The summed E-state index contributed by atoms with van der Waals surface area (Å²) in [4.78, 5) is 23.6. The van der Waals surface area contributed by atoms with E-state index in [0.29, 0.717) is 23.4 Å². The maximum Gasteiger partial charge on any atom is 0.320 e. The molecule has 112 valence electrons. The molecule has 0 radical (unpaired) electrons. The molecule has 0 unspecified atom stereocenters. The van der Waals surface area contributed by atoms with E-state index in [1.165, 1.54) is 6.33 Å². The number of nitrogens with zero attached hydrogens (tertiary/aromatic N) is 4. The van der Waals surface area contributed by atoms with Gasteiger partial charge in [-0.3, -0.25) is 4.79 Å². The Kier molecular flexibility index (Phi) is 3.80. The lowest BCUT2D eigenvalue weighted by Gasteiger charge is -2.07. The van der Waals surface area contributed by atoms with Gasteiger partial charge in [-0.15, -0.1) is 0 Å². The summed E-state index contributed by atoms with van der Waals surface area (Å²) in [6, 6.07) is 8.95. The second kappa shape index (κ2) is 5.90. The Morgan fingerprint density at radius 1 is 1.23 bits per heavy atom. The van der Waals surface area contributed by atoms with Crippen LogP contribution < -0.4 is 5.73 Å². The molecule has 3 N–H and O–H groups in total. The van der Waals surface area contributed by atoms with Crippen LogP contribution in [0.2, 0.25) is 0 Å². The SMILES string of the molecule is N[C@H](Cc1ncnc2c1ncn2Cc1ccccc1)C(=O)O. The monoisotopic (exact) mass is 297 g/mol. The first-order chi connectivity index (χ1) is 10.6. The predicted molar refractivity (Wildman–Crippen MR) is 80.2 cm³/mol. The fourth-order valence-corrected chi connectivity index (χ4v) is 2.27. The van der Waals surface area contributed by atoms with E-state index in [1.807, 2.05) is 34.9 Å². The number of carboxylic acid groups (broad SMARTS) is 1. The summed E-state index contributed by atoms with van der Waals surface area (Å²) in [5.41, 5.74) is 8.52. The van der Waals surface area contributed by atoms with Crippen LogP contribution in [0.15, 0.2) is 43.0 Å². The zero-order valence-corrected chi connectivity index (χ0v) is 11.8. The molecule has 0 saturated carbocycles. The lowest BCUT2D eigenvalue weighted by atomic mass is 10.1. The van der Waals surface area contributed by atoms with Gasteiger partial charge in [0, 0.05) is 6.42 Å². The lowest BCUT2D eigenvalue weighted by Crippen LogP contribution is -2.32. The van der Waals surface area contributed by atoms with Crippen molar-refractivity contribution in [3.63, 3.8) is 0 Å². The molecule has 3 rings (SSSR count). The molecule has 0 spiro atoms. The Labute approximate surface area is 126 Å². The largest absolute Gasteiger partial charge is 0.480 e. The third-order valence-corrected chi connectivity index (χ3v) is 3.40. The van der Waals surface area contributed by atoms with E-state index in [-0.39, 0.29) is 6.42 Å². The Morgan fingerprint density at radius 2 is 2.00 bits per heavy atom. The fourth-order valence-electron chi connectivity index (χ4n) is 2.27. The summed E-state index contributed by atoms with van der Waals surface area (Å²) in [5, 5.41) is 8.92. The minimum absolute atomic E-state index is 0.122. The molecule has 22 heavy (non-hydrogen) atoms. The summed E-state index contributed by atoms with van der Waals surface area (Å²) in [7, 11) is 0. The number of benzene rings is 1. The highest BCUT2D eigenvalue weighted by atomic mass is 16.4. The predicted octanol–water partition coefficient (Wildman–Crippen LogP) is 0.829. The molecule has 0 fully saturated rings. The van der Waals surface area contributed by atoms with Gasteiger partial charge in [0.05, 0.1) is 18.6 Å². The summed E-state index contributed by atoms with van der Waals surface area (Å²) in [6.07, 6.45) is 3.22. The molecule has 0 saturated heterocycles. The van der Waals surface area contributed by atoms with Crippen LogP contribution in [0.3, 0.4) is 0 Å². The number of rotatable bonds is 5. The number of imidazole rings is 1. The molecule has 7 nitrogen and oxygen atoms in total. The minimum Gasteiger partial charge on any atom is -0.480 e. The second-order valence-electron chi connectivity index (χ2n) is 5.00. The van der Waals surface area contributed by atoms with E-state index < -0.39 is 12.0 Å². The number of hydrogen-bond donors (Lipinski definition) is 2. The molecule has 0 bridgehead atoms. The van der Waals surface area contributed by atoms with E-state index in [9.17, 15) is 4.79 Å². The van der Waals surface area contributed by atoms with Gasteiger partial charge in [0.15, 0.2) is 5.65 Å². The van der Waals surface area contributed by atoms with Crippen molar-refractivity contribution in [2.75, 3.05) is 0 Å². The van der Waals surface area contributed by atoms with Gasteiger partial charge in [-0.1, -0.05) is 30.3 Å². The van der Waals surface area contributed by atoms with Crippen LogP contribution in [-0.4, -0.2) is 36.6 Å². The lowest BCUT2D eigenvalue weighted by molar-refractivity contribution is -0.138. The van der Waals surface area contributed by atoms with Crippen molar-refractivity contribution in [1.82, 2.24) is 19.5 Å². The number of carboxylic acids is 1. The van der Waals surface area contributed by atoms with E-state index >= 15 is 0 Å². The Bertz CT molecular complexity index is 800. The summed E-state index contributed by atoms with van der Waals surface area (Å²) in [6.45, 7) is 0.638. The van der Waals surface area contributed by atoms with E-state index in [1.54, 1.807) is 6.33 Å². The molecule has 0 aliphatic heterocycles. The molecule has 2 heterocycles. The highest BCUT2D eigenvalue weighted by Gasteiger charge is 2.17. The highest BCUT2D eigenvalue weighted by molar-refractivity contribution is 5.77. The molecule has 2 aromatic heterocycles. The van der Waals surface area contributed by atoms with Crippen molar-refractivity contribution >= 4 is 17.1 Å². The first-order valence-electron chi connectivity index (χ1n) is 6.82. The van der Waals surface area contributed by atoms with Gasteiger partial charge in [-0.25, -0.2) is 15.0 Å². The van der Waals surface area contributed by atoms with Gasteiger partial charge in [0.25, 0.3) is 0 Å². The topological polar surface area (TPSA) is 107 Å². The number of hydrogen-bond acceptors (Lipinski definition) is 5. The Balaban J connectivity index is 1.93. The smallest absolute Gasteiger partial charge is 0.320 e. The molecule has 7 heteroatoms. The number of nitrogens with two attached hydrogens (primary N) is 1.